The molecule has 0 heterocycles. The van der Waals surface area contributed by atoms with Gasteiger partial charge in [-0.2, -0.15) is 0 Å². The average Bonchev–Trinajstić information content (AvgIpc) is 2.02. The van der Waals surface area contributed by atoms with Crippen LogP contribution in [0.15, 0.2) is 0 Å². The predicted octanol–water partition coefficient (Wildman–Crippen LogP) is 1.78. The van der Waals surface area contributed by atoms with E-state index in [9.17, 15) is 0 Å². The normalized spacial score (nSPS) is 19.4. The highest BCUT2D eigenvalue weighted by Crippen LogP contribution is 2.12. The van der Waals surface area contributed by atoms with Crippen LogP contribution in [0.4, 0.5) is 0 Å². The Morgan fingerprint density at radius 3 is 2.27 bits per heavy atom. The van der Waals surface area contributed by atoms with Crippen molar-refractivity contribution in [2.75, 3.05) is 7.11 Å². The van der Waals surface area contributed by atoms with Crippen molar-refractivity contribution in [3.05, 3.63) is 0 Å². The molecule has 2 nitrogen and oxygen atoms in total. The Hall–Kier alpha value is -0.0800. The molecule has 0 rings (SSSR count). The highest BCUT2D eigenvalue weighted by molar-refractivity contribution is 4.74. The van der Waals surface area contributed by atoms with Crippen LogP contribution in [0, 0.1) is 5.92 Å². The molecule has 0 aliphatic rings. The number of methoxy groups -OCH3 is 1. The Kier molecular flexibility index (Phi) is 5.51. The molecule has 0 amide bonds. The first kappa shape index (κ1) is 10.9. The molecule has 2 heteroatoms. The molecular weight excluding hydrogens is 138 g/mol. The van der Waals surface area contributed by atoms with Gasteiger partial charge in [-0.15, -0.1) is 0 Å². The third kappa shape index (κ3) is 3.73. The van der Waals surface area contributed by atoms with Crippen molar-refractivity contribution in [2.45, 2.75) is 45.8 Å². The van der Waals surface area contributed by atoms with Crippen LogP contribution in [0.2, 0.25) is 0 Å². The van der Waals surface area contributed by atoms with Gasteiger partial charge in [-0.3, -0.25) is 0 Å². The lowest BCUT2D eigenvalue weighted by atomic mass is 9.94. The summed E-state index contributed by atoms with van der Waals surface area (Å²) in [5.74, 6) is 0.565. The van der Waals surface area contributed by atoms with Crippen LogP contribution in [0.1, 0.15) is 33.6 Å². The van der Waals surface area contributed by atoms with Crippen molar-refractivity contribution in [3.63, 3.8) is 0 Å². The molecule has 0 spiro atoms. The summed E-state index contributed by atoms with van der Waals surface area (Å²) in [4.78, 5) is 0. The molecule has 0 bridgehead atoms. The fourth-order valence-electron chi connectivity index (χ4n) is 1.27. The quantitative estimate of drug-likeness (QED) is 0.663. The van der Waals surface area contributed by atoms with E-state index >= 15 is 0 Å². The Morgan fingerprint density at radius 2 is 1.91 bits per heavy atom. The van der Waals surface area contributed by atoms with E-state index in [0.29, 0.717) is 5.92 Å². The van der Waals surface area contributed by atoms with Gasteiger partial charge in [-0.05, 0) is 19.3 Å². The highest BCUT2D eigenvalue weighted by atomic mass is 16.5. The minimum Gasteiger partial charge on any atom is -0.380 e. The summed E-state index contributed by atoms with van der Waals surface area (Å²) < 4.78 is 5.15. The van der Waals surface area contributed by atoms with Gasteiger partial charge in [0.15, 0.2) is 0 Å². The van der Waals surface area contributed by atoms with Gasteiger partial charge in [0.25, 0.3) is 0 Å². The molecule has 11 heavy (non-hydrogen) atoms. The van der Waals surface area contributed by atoms with Crippen molar-refractivity contribution in [1.82, 2.24) is 0 Å². The first-order valence-electron chi connectivity index (χ1n) is 4.41. The fourth-order valence-corrected chi connectivity index (χ4v) is 1.27. The maximum Gasteiger partial charge on any atom is 0.0696 e. The largest absolute Gasteiger partial charge is 0.380 e. The summed E-state index contributed by atoms with van der Waals surface area (Å²) in [5.41, 5.74) is 5.93. The van der Waals surface area contributed by atoms with Crippen molar-refractivity contribution in [2.24, 2.45) is 11.7 Å². The number of rotatable bonds is 5. The van der Waals surface area contributed by atoms with E-state index in [1.165, 1.54) is 12.8 Å². The molecule has 2 N–H and O–H groups in total. The van der Waals surface area contributed by atoms with Crippen LogP contribution in [0.3, 0.4) is 0 Å². The second-order valence-electron chi connectivity index (χ2n) is 3.28. The zero-order chi connectivity index (χ0) is 8.85. The van der Waals surface area contributed by atoms with Gasteiger partial charge < -0.3 is 10.5 Å². The summed E-state index contributed by atoms with van der Waals surface area (Å²) in [6.45, 7) is 6.39. The molecule has 0 aromatic heterocycles. The maximum atomic E-state index is 5.93. The van der Waals surface area contributed by atoms with E-state index in [1.54, 1.807) is 7.11 Å². The molecule has 0 saturated heterocycles. The van der Waals surface area contributed by atoms with E-state index in [4.69, 9.17) is 10.5 Å². The lowest BCUT2D eigenvalue weighted by Crippen LogP contribution is -2.39. The molecule has 3 unspecified atom stereocenters. The minimum absolute atomic E-state index is 0.177. The van der Waals surface area contributed by atoms with Crippen molar-refractivity contribution < 1.29 is 4.74 Å². The summed E-state index contributed by atoms with van der Waals surface area (Å²) in [7, 11) is 1.71. The Labute approximate surface area is 70.1 Å². The number of ether oxygens (including phenoxy) is 1. The number of hydrogen-bond donors (Lipinski definition) is 1. The predicted molar refractivity (Wildman–Crippen MR) is 48.5 cm³/mol. The molecule has 0 radical (unpaired) electrons. The van der Waals surface area contributed by atoms with Crippen LogP contribution < -0.4 is 5.73 Å². The summed E-state index contributed by atoms with van der Waals surface area (Å²) in [5, 5.41) is 0. The van der Waals surface area contributed by atoms with E-state index in [2.05, 4.69) is 13.8 Å². The Bertz CT molecular complexity index is 95.6. The molecule has 0 aromatic carbocycles. The van der Waals surface area contributed by atoms with Crippen LogP contribution in [0.25, 0.3) is 0 Å². The zero-order valence-electron chi connectivity index (χ0n) is 8.13. The zero-order valence-corrected chi connectivity index (χ0v) is 8.13. The molecule has 0 aromatic rings. The smallest absolute Gasteiger partial charge is 0.0696 e. The molecule has 3 atom stereocenters. The third-order valence-electron chi connectivity index (χ3n) is 2.31. The maximum absolute atomic E-state index is 5.93. The van der Waals surface area contributed by atoms with Crippen LogP contribution in [0.5, 0.6) is 0 Å². The van der Waals surface area contributed by atoms with Gasteiger partial charge >= 0.3 is 0 Å². The van der Waals surface area contributed by atoms with Crippen molar-refractivity contribution in [3.8, 4) is 0 Å². The Morgan fingerprint density at radius 1 is 1.36 bits per heavy atom. The average molecular weight is 159 g/mol. The van der Waals surface area contributed by atoms with Crippen LogP contribution in [-0.4, -0.2) is 19.3 Å². The first-order chi connectivity index (χ1) is 5.13. The van der Waals surface area contributed by atoms with Gasteiger partial charge in [0.1, 0.15) is 0 Å². The lowest BCUT2D eigenvalue weighted by molar-refractivity contribution is 0.0771. The minimum atomic E-state index is 0.177. The molecule has 0 aliphatic carbocycles. The lowest BCUT2D eigenvalue weighted by Gasteiger charge is -2.24. The Balaban J connectivity index is 3.70. The topological polar surface area (TPSA) is 35.2 Å². The van der Waals surface area contributed by atoms with E-state index in [-0.39, 0.29) is 12.1 Å². The van der Waals surface area contributed by atoms with Crippen molar-refractivity contribution in [1.29, 1.82) is 0 Å². The summed E-state index contributed by atoms with van der Waals surface area (Å²) >= 11 is 0. The molecule has 0 aliphatic heterocycles. The first-order valence-corrected chi connectivity index (χ1v) is 4.41. The molecule has 0 saturated carbocycles. The summed E-state index contributed by atoms with van der Waals surface area (Å²) in [6.07, 6.45) is 2.57. The van der Waals surface area contributed by atoms with E-state index < -0.39 is 0 Å². The van der Waals surface area contributed by atoms with Gasteiger partial charge in [0, 0.05) is 13.2 Å². The molecular formula is C9H21NO. The fraction of sp³-hybridized carbons (Fsp3) is 1.00. The second-order valence-corrected chi connectivity index (χ2v) is 3.28. The van der Waals surface area contributed by atoms with Gasteiger partial charge in [-0.25, -0.2) is 0 Å². The van der Waals surface area contributed by atoms with Gasteiger partial charge in [0.2, 0.25) is 0 Å². The number of nitrogens with two attached hydrogens (primary N) is 1. The SMILES string of the molecule is CCCC(C)C(N)C(C)OC. The van der Waals surface area contributed by atoms with E-state index in [0.717, 1.165) is 0 Å². The third-order valence-corrected chi connectivity index (χ3v) is 2.31. The molecule has 0 fully saturated rings. The monoisotopic (exact) mass is 159 g/mol. The number of hydrogen-bond acceptors (Lipinski definition) is 2. The second kappa shape index (κ2) is 5.56. The summed E-state index contributed by atoms with van der Waals surface area (Å²) in [6, 6.07) is 0.181. The van der Waals surface area contributed by atoms with Crippen LogP contribution >= 0.6 is 0 Å². The van der Waals surface area contributed by atoms with E-state index in [1.807, 2.05) is 6.92 Å². The van der Waals surface area contributed by atoms with Crippen LogP contribution in [-0.2, 0) is 4.74 Å². The van der Waals surface area contributed by atoms with Gasteiger partial charge in [-0.1, -0.05) is 20.3 Å². The standard InChI is InChI=1S/C9H21NO/c1-5-6-7(2)9(10)8(3)11-4/h7-9H,5-6,10H2,1-4H3. The van der Waals surface area contributed by atoms with Crippen molar-refractivity contribution >= 4 is 0 Å². The van der Waals surface area contributed by atoms with Gasteiger partial charge in [0.05, 0.1) is 6.10 Å². The highest BCUT2D eigenvalue weighted by Gasteiger charge is 2.17. The molecule has 68 valence electrons.